The van der Waals surface area contributed by atoms with Gasteiger partial charge in [0.25, 0.3) is 0 Å². The summed E-state index contributed by atoms with van der Waals surface area (Å²) in [7, 11) is 2.19. The van der Waals surface area contributed by atoms with Crippen LogP contribution >= 0.6 is 11.3 Å². The molecular formula is C12H20N2OS. The first-order valence-corrected chi connectivity index (χ1v) is 6.91. The number of aliphatic hydroxyl groups excluding tert-OH is 1. The second-order valence-corrected chi connectivity index (χ2v) is 5.50. The van der Waals surface area contributed by atoms with Gasteiger partial charge in [0.1, 0.15) is 0 Å². The van der Waals surface area contributed by atoms with Crippen molar-refractivity contribution in [2.75, 3.05) is 26.7 Å². The Morgan fingerprint density at radius 2 is 2.50 bits per heavy atom. The van der Waals surface area contributed by atoms with Crippen LogP contribution in [0, 0.1) is 0 Å². The highest BCUT2D eigenvalue weighted by molar-refractivity contribution is 7.09. The molecule has 2 rings (SSSR count). The largest absolute Gasteiger partial charge is 0.396 e. The van der Waals surface area contributed by atoms with Gasteiger partial charge in [-0.05, 0) is 39.3 Å². The molecule has 90 valence electrons. The van der Waals surface area contributed by atoms with Crippen molar-refractivity contribution in [2.45, 2.75) is 31.6 Å². The Kier molecular flexibility index (Phi) is 4.32. The molecule has 4 heteroatoms. The van der Waals surface area contributed by atoms with E-state index in [-0.39, 0.29) is 6.61 Å². The zero-order valence-corrected chi connectivity index (χ0v) is 10.7. The van der Waals surface area contributed by atoms with Gasteiger partial charge in [-0.2, -0.15) is 0 Å². The lowest BCUT2D eigenvalue weighted by Gasteiger charge is -2.28. The molecule has 3 nitrogen and oxygen atoms in total. The number of piperidine rings is 1. The van der Waals surface area contributed by atoms with Gasteiger partial charge in [0, 0.05) is 24.4 Å². The van der Waals surface area contributed by atoms with E-state index in [1.807, 2.05) is 0 Å². The second kappa shape index (κ2) is 5.75. The molecule has 0 amide bonds. The van der Waals surface area contributed by atoms with E-state index < -0.39 is 0 Å². The number of thiazole rings is 1. The molecule has 16 heavy (non-hydrogen) atoms. The van der Waals surface area contributed by atoms with Crippen LogP contribution in [0.15, 0.2) is 5.38 Å². The number of hydrogen-bond acceptors (Lipinski definition) is 4. The van der Waals surface area contributed by atoms with Crippen molar-refractivity contribution in [1.82, 2.24) is 9.88 Å². The van der Waals surface area contributed by atoms with E-state index in [0.717, 1.165) is 25.1 Å². The second-order valence-electron chi connectivity index (χ2n) is 4.61. The Balaban J connectivity index is 1.95. The molecule has 0 bridgehead atoms. The number of hydrogen-bond donors (Lipinski definition) is 1. The van der Waals surface area contributed by atoms with Gasteiger partial charge >= 0.3 is 0 Å². The molecule has 1 saturated heterocycles. The van der Waals surface area contributed by atoms with E-state index in [1.165, 1.54) is 24.4 Å². The van der Waals surface area contributed by atoms with Crippen LogP contribution in [0.3, 0.4) is 0 Å². The smallest absolute Gasteiger partial charge is 0.0972 e. The molecule has 1 fully saturated rings. The highest BCUT2D eigenvalue weighted by atomic mass is 32.1. The van der Waals surface area contributed by atoms with Crippen molar-refractivity contribution < 1.29 is 5.11 Å². The molecule has 0 radical (unpaired) electrons. The van der Waals surface area contributed by atoms with Crippen molar-refractivity contribution in [2.24, 2.45) is 0 Å². The fraction of sp³-hybridized carbons (Fsp3) is 0.750. The molecule has 1 N–H and O–H groups in total. The first-order chi connectivity index (χ1) is 7.79. The third-order valence-electron chi connectivity index (χ3n) is 3.13. The molecule has 1 unspecified atom stereocenters. The molecule has 1 atom stereocenters. The van der Waals surface area contributed by atoms with Crippen molar-refractivity contribution in [3.8, 4) is 0 Å². The molecule has 1 aromatic rings. The Morgan fingerprint density at radius 1 is 1.62 bits per heavy atom. The fourth-order valence-corrected chi connectivity index (χ4v) is 3.24. The minimum absolute atomic E-state index is 0.263. The Morgan fingerprint density at radius 3 is 3.25 bits per heavy atom. The van der Waals surface area contributed by atoms with E-state index in [4.69, 9.17) is 5.11 Å². The first-order valence-electron chi connectivity index (χ1n) is 6.03. The van der Waals surface area contributed by atoms with Crippen LogP contribution in [0.4, 0.5) is 0 Å². The molecule has 1 aliphatic heterocycles. The van der Waals surface area contributed by atoms with Crippen molar-refractivity contribution in [1.29, 1.82) is 0 Å². The van der Waals surface area contributed by atoms with Gasteiger partial charge in [0.05, 0.1) is 10.7 Å². The highest BCUT2D eigenvalue weighted by Crippen LogP contribution is 2.28. The molecule has 1 aliphatic rings. The minimum atomic E-state index is 0.263. The lowest BCUT2D eigenvalue weighted by atomic mass is 9.99. The standard InChI is InChI=1S/C12H20N2OS/c1-14-6-2-4-10(8-14)12-13-11(9-16-12)5-3-7-15/h9-10,15H,2-8H2,1H3. The SMILES string of the molecule is CN1CCCC(c2nc(CCCO)cs2)C1. The van der Waals surface area contributed by atoms with Gasteiger partial charge in [0.2, 0.25) is 0 Å². The summed E-state index contributed by atoms with van der Waals surface area (Å²) in [5.41, 5.74) is 1.15. The molecular weight excluding hydrogens is 220 g/mol. The van der Waals surface area contributed by atoms with Crippen LogP contribution < -0.4 is 0 Å². The van der Waals surface area contributed by atoms with Crippen molar-refractivity contribution in [3.05, 3.63) is 16.1 Å². The molecule has 0 spiro atoms. The highest BCUT2D eigenvalue weighted by Gasteiger charge is 2.21. The van der Waals surface area contributed by atoms with E-state index in [2.05, 4.69) is 22.3 Å². The summed E-state index contributed by atoms with van der Waals surface area (Å²) in [6.45, 7) is 2.63. The van der Waals surface area contributed by atoms with Crippen LogP contribution in [0.25, 0.3) is 0 Å². The van der Waals surface area contributed by atoms with Crippen molar-refractivity contribution in [3.63, 3.8) is 0 Å². The van der Waals surface area contributed by atoms with Crippen LogP contribution in [-0.4, -0.2) is 41.7 Å². The molecule has 0 aliphatic carbocycles. The van der Waals surface area contributed by atoms with Crippen LogP contribution in [-0.2, 0) is 6.42 Å². The Bertz CT molecular complexity index is 327. The fourth-order valence-electron chi connectivity index (χ4n) is 2.25. The normalized spacial score (nSPS) is 22.5. The summed E-state index contributed by atoms with van der Waals surface area (Å²) >= 11 is 1.79. The number of aromatic nitrogens is 1. The van der Waals surface area contributed by atoms with Crippen LogP contribution in [0.5, 0.6) is 0 Å². The lowest BCUT2D eigenvalue weighted by Crippen LogP contribution is -2.30. The zero-order chi connectivity index (χ0) is 11.4. The number of rotatable bonds is 4. The van der Waals surface area contributed by atoms with E-state index in [0.29, 0.717) is 5.92 Å². The van der Waals surface area contributed by atoms with Gasteiger partial charge < -0.3 is 10.0 Å². The first kappa shape index (κ1) is 12.0. The predicted molar refractivity (Wildman–Crippen MR) is 67.0 cm³/mol. The summed E-state index contributed by atoms with van der Waals surface area (Å²) in [5, 5.41) is 12.2. The topological polar surface area (TPSA) is 36.4 Å². The van der Waals surface area contributed by atoms with Gasteiger partial charge in [-0.15, -0.1) is 11.3 Å². The maximum absolute atomic E-state index is 8.79. The number of aryl methyl sites for hydroxylation is 1. The quantitative estimate of drug-likeness (QED) is 0.873. The van der Waals surface area contributed by atoms with Crippen molar-refractivity contribution >= 4 is 11.3 Å². The van der Waals surface area contributed by atoms with Crippen LogP contribution in [0.1, 0.15) is 35.9 Å². The predicted octanol–water partition coefficient (Wildman–Crippen LogP) is 1.88. The van der Waals surface area contributed by atoms with E-state index in [9.17, 15) is 0 Å². The summed E-state index contributed by atoms with van der Waals surface area (Å²) in [5.74, 6) is 0.631. The minimum Gasteiger partial charge on any atom is -0.396 e. The number of likely N-dealkylation sites (tertiary alicyclic amines) is 1. The average molecular weight is 240 g/mol. The monoisotopic (exact) mass is 240 g/mol. The maximum Gasteiger partial charge on any atom is 0.0972 e. The molecule has 0 saturated carbocycles. The summed E-state index contributed by atoms with van der Waals surface area (Å²) < 4.78 is 0. The van der Waals surface area contributed by atoms with Gasteiger partial charge in [-0.3, -0.25) is 0 Å². The summed E-state index contributed by atoms with van der Waals surface area (Å²) in [6.07, 6.45) is 4.30. The lowest BCUT2D eigenvalue weighted by molar-refractivity contribution is 0.250. The Labute approximate surface area is 101 Å². The molecule has 1 aromatic heterocycles. The number of nitrogens with zero attached hydrogens (tertiary/aromatic N) is 2. The van der Waals surface area contributed by atoms with Crippen LogP contribution in [0.2, 0.25) is 0 Å². The molecule has 2 heterocycles. The maximum atomic E-state index is 8.79. The van der Waals surface area contributed by atoms with Gasteiger partial charge in [0.15, 0.2) is 0 Å². The number of likely N-dealkylation sites (N-methyl/N-ethyl adjacent to an activating group) is 1. The van der Waals surface area contributed by atoms with Gasteiger partial charge in [-0.25, -0.2) is 4.98 Å². The molecule has 0 aromatic carbocycles. The summed E-state index contributed by atoms with van der Waals surface area (Å²) in [4.78, 5) is 7.08. The van der Waals surface area contributed by atoms with E-state index in [1.54, 1.807) is 11.3 Å². The van der Waals surface area contributed by atoms with E-state index >= 15 is 0 Å². The Hall–Kier alpha value is -0.450. The number of aliphatic hydroxyl groups is 1. The third-order valence-corrected chi connectivity index (χ3v) is 4.19. The zero-order valence-electron chi connectivity index (χ0n) is 9.85. The summed E-state index contributed by atoms with van der Waals surface area (Å²) in [6, 6.07) is 0. The third kappa shape index (κ3) is 3.03. The average Bonchev–Trinajstić information content (AvgIpc) is 2.75. The van der Waals surface area contributed by atoms with Gasteiger partial charge in [-0.1, -0.05) is 0 Å².